The number of benzene rings is 1. The second-order valence-electron chi connectivity index (χ2n) is 7.55. The van der Waals surface area contributed by atoms with Crippen molar-refractivity contribution in [1.29, 1.82) is 0 Å². The summed E-state index contributed by atoms with van der Waals surface area (Å²) in [5, 5.41) is 13.7. The molecule has 2 aromatic rings. The maximum Gasteiger partial charge on any atom is 0.306 e. The third kappa shape index (κ3) is 5.83. The average molecular weight is 486 g/mol. The van der Waals surface area contributed by atoms with E-state index in [0.29, 0.717) is 35.6 Å². The number of rotatable bonds is 9. The molecule has 1 heterocycles. The van der Waals surface area contributed by atoms with Gasteiger partial charge in [0.25, 0.3) is 5.91 Å². The molecule has 1 aromatic carbocycles. The molecule has 0 radical (unpaired) electrons. The van der Waals surface area contributed by atoms with Crippen LogP contribution in [0.25, 0.3) is 0 Å². The van der Waals surface area contributed by atoms with Gasteiger partial charge in [0.2, 0.25) is 5.82 Å². The van der Waals surface area contributed by atoms with Crippen molar-refractivity contribution in [3.8, 4) is 5.75 Å². The van der Waals surface area contributed by atoms with E-state index in [9.17, 15) is 23.2 Å². The van der Waals surface area contributed by atoms with Crippen molar-refractivity contribution in [1.82, 2.24) is 5.32 Å². The normalized spacial score (nSPS) is 18.2. The maximum absolute atomic E-state index is 14.5. The Morgan fingerprint density at radius 2 is 1.84 bits per heavy atom. The van der Waals surface area contributed by atoms with Gasteiger partial charge < -0.3 is 15.2 Å². The van der Waals surface area contributed by atoms with Crippen LogP contribution in [0.15, 0.2) is 23.6 Å². The SMILES string of the molecule is O=C(CCCNC(=O)c1sccc1Cl)c1ccc(OC2CCC(C(=O)O)CC2)c(F)c1F. The standard InChI is InChI=1S/C22H22ClF2NO5S/c23-15-9-11-32-20(15)21(28)26-10-1-2-16(27)14-7-8-17(19(25)18(14)24)31-13-5-3-12(4-6-13)22(29)30/h7-9,11-13H,1-6,10H2,(H,26,28)(H,29,30). The summed E-state index contributed by atoms with van der Waals surface area (Å²) >= 11 is 7.08. The Balaban J connectivity index is 1.50. The van der Waals surface area contributed by atoms with E-state index in [1.54, 1.807) is 11.4 Å². The van der Waals surface area contributed by atoms with Crippen LogP contribution in [-0.2, 0) is 4.79 Å². The predicted octanol–water partition coefficient (Wildman–Crippen LogP) is 5.09. The second kappa shape index (κ2) is 10.9. The molecule has 3 rings (SSSR count). The van der Waals surface area contributed by atoms with Crippen LogP contribution in [-0.4, -0.2) is 35.4 Å². The highest BCUT2D eigenvalue weighted by molar-refractivity contribution is 7.12. The van der Waals surface area contributed by atoms with Crippen molar-refractivity contribution in [3.63, 3.8) is 0 Å². The van der Waals surface area contributed by atoms with Crippen molar-refractivity contribution < 1.29 is 33.0 Å². The van der Waals surface area contributed by atoms with Crippen molar-refractivity contribution in [2.75, 3.05) is 6.54 Å². The van der Waals surface area contributed by atoms with Crippen molar-refractivity contribution >= 4 is 40.6 Å². The third-order valence-corrected chi connectivity index (χ3v) is 6.69. The molecule has 0 saturated heterocycles. The molecule has 6 nitrogen and oxygen atoms in total. The summed E-state index contributed by atoms with van der Waals surface area (Å²) in [5.74, 6) is -5.05. The largest absolute Gasteiger partial charge is 0.487 e. The minimum Gasteiger partial charge on any atom is -0.487 e. The number of carbonyl (C=O) groups excluding carboxylic acids is 2. The molecule has 2 N–H and O–H groups in total. The van der Waals surface area contributed by atoms with Gasteiger partial charge in [-0.15, -0.1) is 11.3 Å². The molecule has 172 valence electrons. The van der Waals surface area contributed by atoms with Gasteiger partial charge in [-0.05, 0) is 55.7 Å². The lowest BCUT2D eigenvalue weighted by molar-refractivity contribution is -0.143. The molecular weight excluding hydrogens is 464 g/mol. The average Bonchev–Trinajstić information content (AvgIpc) is 3.20. The van der Waals surface area contributed by atoms with Gasteiger partial charge in [-0.2, -0.15) is 4.39 Å². The Labute approximate surface area is 192 Å². The Bertz CT molecular complexity index is 1000. The number of Topliss-reactive ketones (excluding diaryl/α,β-unsaturated/α-hetero) is 1. The van der Waals surface area contributed by atoms with E-state index >= 15 is 0 Å². The van der Waals surface area contributed by atoms with E-state index in [4.69, 9.17) is 21.4 Å². The van der Waals surface area contributed by atoms with Gasteiger partial charge in [-0.3, -0.25) is 14.4 Å². The van der Waals surface area contributed by atoms with Crippen molar-refractivity contribution in [3.05, 3.63) is 50.7 Å². The number of carboxylic acid groups (broad SMARTS) is 1. The molecule has 1 fully saturated rings. The number of carboxylic acids is 1. The zero-order chi connectivity index (χ0) is 23.3. The lowest BCUT2D eigenvalue weighted by Gasteiger charge is -2.27. The number of halogens is 3. The van der Waals surface area contributed by atoms with Crippen LogP contribution in [0.2, 0.25) is 5.02 Å². The number of aliphatic carboxylic acids is 1. The highest BCUT2D eigenvalue weighted by atomic mass is 35.5. The van der Waals surface area contributed by atoms with Crippen molar-refractivity contribution in [2.45, 2.75) is 44.6 Å². The first kappa shape index (κ1) is 24.1. The topological polar surface area (TPSA) is 92.7 Å². The van der Waals surface area contributed by atoms with Crippen LogP contribution < -0.4 is 10.1 Å². The molecule has 1 aliphatic rings. The third-order valence-electron chi connectivity index (χ3n) is 5.35. The number of thiophene rings is 1. The Morgan fingerprint density at radius 3 is 2.47 bits per heavy atom. The van der Waals surface area contributed by atoms with Gasteiger partial charge >= 0.3 is 5.97 Å². The first-order valence-electron chi connectivity index (χ1n) is 10.2. The molecule has 0 aliphatic heterocycles. The number of amides is 1. The molecule has 0 spiro atoms. The summed E-state index contributed by atoms with van der Waals surface area (Å²) in [7, 11) is 0. The minimum absolute atomic E-state index is 0.0752. The first-order valence-corrected chi connectivity index (χ1v) is 11.5. The highest BCUT2D eigenvalue weighted by Crippen LogP contribution is 2.30. The molecule has 1 amide bonds. The van der Waals surface area contributed by atoms with E-state index in [1.165, 1.54) is 23.5 Å². The van der Waals surface area contributed by atoms with Gasteiger partial charge in [-0.25, -0.2) is 4.39 Å². The zero-order valence-corrected chi connectivity index (χ0v) is 18.6. The number of carbonyl (C=O) groups is 3. The molecule has 1 aromatic heterocycles. The minimum atomic E-state index is -1.28. The number of nitrogens with one attached hydrogen (secondary N) is 1. The second-order valence-corrected chi connectivity index (χ2v) is 8.87. The first-order chi connectivity index (χ1) is 15.3. The van der Waals surface area contributed by atoms with Gasteiger partial charge in [0.15, 0.2) is 17.3 Å². The van der Waals surface area contributed by atoms with E-state index in [2.05, 4.69) is 5.32 Å². The predicted molar refractivity (Wildman–Crippen MR) is 116 cm³/mol. The lowest BCUT2D eigenvalue weighted by Crippen LogP contribution is -2.28. The quantitative estimate of drug-likeness (QED) is 0.381. The van der Waals surface area contributed by atoms with Crippen LogP contribution in [0.3, 0.4) is 0 Å². The van der Waals surface area contributed by atoms with Crippen LogP contribution in [0, 0.1) is 17.6 Å². The Hall–Kier alpha value is -2.52. The van der Waals surface area contributed by atoms with Crippen LogP contribution in [0.4, 0.5) is 8.78 Å². The molecule has 32 heavy (non-hydrogen) atoms. The van der Waals surface area contributed by atoms with Gasteiger partial charge in [0.05, 0.1) is 22.6 Å². The summed E-state index contributed by atoms with van der Waals surface area (Å²) in [6, 6.07) is 4.01. The summed E-state index contributed by atoms with van der Waals surface area (Å²) < 4.78 is 34.4. The summed E-state index contributed by atoms with van der Waals surface area (Å²) in [4.78, 5) is 35.7. The maximum atomic E-state index is 14.5. The fourth-order valence-electron chi connectivity index (χ4n) is 3.57. The van der Waals surface area contributed by atoms with E-state index in [1.807, 2.05) is 0 Å². The molecular formula is C22H22ClF2NO5S. The van der Waals surface area contributed by atoms with Crippen LogP contribution in [0.1, 0.15) is 58.6 Å². The van der Waals surface area contributed by atoms with Gasteiger partial charge in [0, 0.05) is 13.0 Å². The fraction of sp³-hybridized carbons (Fsp3) is 0.409. The summed E-state index contributed by atoms with van der Waals surface area (Å²) in [5.41, 5.74) is -0.378. The fourth-order valence-corrected chi connectivity index (χ4v) is 4.62. The van der Waals surface area contributed by atoms with Crippen LogP contribution >= 0.6 is 22.9 Å². The molecule has 0 unspecified atom stereocenters. The molecule has 1 saturated carbocycles. The van der Waals surface area contributed by atoms with E-state index in [0.717, 1.165) is 0 Å². The van der Waals surface area contributed by atoms with Crippen LogP contribution in [0.5, 0.6) is 5.75 Å². The number of hydrogen-bond acceptors (Lipinski definition) is 5. The van der Waals surface area contributed by atoms with E-state index in [-0.39, 0.29) is 36.6 Å². The molecule has 0 atom stereocenters. The molecule has 0 bridgehead atoms. The summed E-state index contributed by atoms with van der Waals surface area (Å²) in [6.07, 6.45) is 1.46. The number of hydrogen-bond donors (Lipinski definition) is 2. The Kier molecular flexibility index (Phi) is 8.20. The number of ether oxygens (including phenoxy) is 1. The zero-order valence-electron chi connectivity index (χ0n) is 17.0. The molecule has 10 heteroatoms. The van der Waals surface area contributed by atoms with Gasteiger partial charge in [-0.1, -0.05) is 11.6 Å². The monoisotopic (exact) mass is 485 g/mol. The van der Waals surface area contributed by atoms with Gasteiger partial charge in [0.1, 0.15) is 4.88 Å². The van der Waals surface area contributed by atoms with Crippen molar-refractivity contribution in [2.24, 2.45) is 5.92 Å². The number of ketones is 1. The molecule has 1 aliphatic carbocycles. The highest BCUT2D eigenvalue weighted by Gasteiger charge is 2.28. The summed E-state index contributed by atoms with van der Waals surface area (Å²) in [6.45, 7) is 0.184. The smallest absolute Gasteiger partial charge is 0.306 e. The Morgan fingerprint density at radius 1 is 1.12 bits per heavy atom. The van der Waals surface area contributed by atoms with E-state index < -0.39 is 35.4 Å². The lowest BCUT2D eigenvalue weighted by atomic mass is 9.87.